The molecule has 0 aromatic carbocycles. The van der Waals surface area contributed by atoms with E-state index in [2.05, 4.69) is 5.16 Å². The van der Waals surface area contributed by atoms with Crippen LogP contribution in [-0.4, -0.2) is 34.4 Å². The maximum atomic E-state index is 12.3. The second-order valence-electron chi connectivity index (χ2n) is 4.47. The molecule has 0 saturated heterocycles. The summed E-state index contributed by atoms with van der Waals surface area (Å²) < 4.78 is 0. The van der Waals surface area contributed by atoms with E-state index in [4.69, 9.17) is 10.9 Å². The largest absolute Gasteiger partial charge is 0.409 e. The van der Waals surface area contributed by atoms with Crippen LogP contribution in [0.4, 0.5) is 0 Å². The quantitative estimate of drug-likeness (QED) is 0.379. The first-order valence-electron chi connectivity index (χ1n) is 5.71. The highest BCUT2D eigenvalue weighted by molar-refractivity contribution is 7.14. The first-order valence-corrected chi connectivity index (χ1v) is 6.52. The Morgan fingerprint density at radius 2 is 2.17 bits per heavy atom. The molecule has 0 fully saturated rings. The Hall–Kier alpha value is -1.56. The van der Waals surface area contributed by atoms with E-state index < -0.39 is 0 Å². The number of thiophene rings is 1. The molecule has 0 aliphatic rings. The predicted molar refractivity (Wildman–Crippen MR) is 73.4 cm³/mol. The van der Waals surface area contributed by atoms with Crippen molar-refractivity contribution < 1.29 is 10.0 Å². The fourth-order valence-corrected chi connectivity index (χ4v) is 2.51. The van der Waals surface area contributed by atoms with Crippen molar-refractivity contribution in [2.75, 3.05) is 6.54 Å². The monoisotopic (exact) mass is 269 g/mol. The molecule has 0 aliphatic carbocycles. The van der Waals surface area contributed by atoms with Gasteiger partial charge in [-0.25, -0.2) is 0 Å². The molecular formula is C12H19N3O2S. The number of nitrogens with two attached hydrogens (primary N) is 1. The van der Waals surface area contributed by atoms with Crippen molar-refractivity contribution in [2.45, 2.75) is 33.7 Å². The van der Waals surface area contributed by atoms with Gasteiger partial charge in [0.15, 0.2) is 5.84 Å². The minimum absolute atomic E-state index is 0.0134. The van der Waals surface area contributed by atoms with Crippen molar-refractivity contribution in [1.82, 2.24) is 4.90 Å². The van der Waals surface area contributed by atoms with Crippen molar-refractivity contribution in [3.05, 3.63) is 21.4 Å². The summed E-state index contributed by atoms with van der Waals surface area (Å²) in [7, 11) is 0. The zero-order valence-electron chi connectivity index (χ0n) is 11.1. The Balaban J connectivity index is 2.96. The standard InChI is InChI=1S/C12H19N3O2S/c1-7(2)15(6-11(13)14-17)12(16)10-5-8(3)9(4)18-10/h5,7,17H,6H2,1-4H3,(H2,13,14). The van der Waals surface area contributed by atoms with Gasteiger partial charge in [0, 0.05) is 10.9 Å². The molecule has 0 aliphatic heterocycles. The molecule has 1 aromatic heterocycles. The van der Waals surface area contributed by atoms with Gasteiger partial charge >= 0.3 is 0 Å². The van der Waals surface area contributed by atoms with Crippen LogP contribution in [0.5, 0.6) is 0 Å². The first kappa shape index (κ1) is 14.5. The summed E-state index contributed by atoms with van der Waals surface area (Å²) in [6.07, 6.45) is 0. The van der Waals surface area contributed by atoms with E-state index in [1.165, 1.54) is 11.3 Å². The van der Waals surface area contributed by atoms with Crippen LogP contribution < -0.4 is 5.73 Å². The average Bonchev–Trinajstić information content (AvgIpc) is 2.65. The second-order valence-corrected chi connectivity index (χ2v) is 5.72. The Bertz CT molecular complexity index is 446. The smallest absolute Gasteiger partial charge is 0.264 e. The number of oxime groups is 1. The molecule has 0 bridgehead atoms. The maximum absolute atomic E-state index is 12.3. The fraction of sp³-hybridized carbons (Fsp3) is 0.500. The summed E-state index contributed by atoms with van der Waals surface area (Å²) in [5.74, 6) is -0.0557. The third-order valence-electron chi connectivity index (χ3n) is 2.72. The number of hydrogen-bond acceptors (Lipinski definition) is 4. The molecule has 18 heavy (non-hydrogen) atoms. The highest BCUT2D eigenvalue weighted by Crippen LogP contribution is 2.22. The van der Waals surface area contributed by atoms with Gasteiger partial charge in [-0.05, 0) is 39.3 Å². The van der Waals surface area contributed by atoms with Crippen molar-refractivity contribution in [1.29, 1.82) is 0 Å². The van der Waals surface area contributed by atoms with E-state index in [0.717, 1.165) is 10.4 Å². The number of hydrogen-bond donors (Lipinski definition) is 2. The summed E-state index contributed by atoms with van der Waals surface area (Å²) >= 11 is 1.47. The minimum Gasteiger partial charge on any atom is -0.409 e. The molecule has 6 heteroatoms. The van der Waals surface area contributed by atoms with Gasteiger partial charge < -0.3 is 15.8 Å². The third-order valence-corrected chi connectivity index (χ3v) is 3.86. The molecule has 5 nitrogen and oxygen atoms in total. The summed E-state index contributed by atoms with van der Waals surface area (Å²) in [6.45, 7) is 7.89. The van der Waals surface area contributed by atoms with Crippen LogP contribution in [-0.2, 0) is 0 Å². The molecule has 1 rings (SSSR count). The van der Waals surface area contributed by atoms with Crippen LogP contribution in [0.25, 0.3) is 0 Å². The molecule has 1 aromatic rings. The van der Waals surface area contributed by atoms with Gasteiger partial charge in [-0.1, -0.05) is 5.16 Å². The van der Waals surface area contributed by atoms with Crippen LogP contribution in [0, 0.1) is 13.8 Å². The molecule has 1 heterocycles. The zero-order valence-corrected chi connectivity index (χ0v) is 11.9. The number of carbonyl (C=O) groups is 1. The Morgan fingerprint density at radius 1 is 1.56 bits per heavy atom. The summed E-state index contributed by atoms with van der Waals surface area (Å²) in [5.41, 5.74) is 6.58. The lowest BCUT2D eigenvalue weighted by Crippen LogP contribution is -2.42. The Morgan fingerprint density at radius 3 is 2.56 bits per heavy atom. The zero-order chi connectivity index (χ0) is 13.9. The highest BCUT2D eigenvalue weighted by Gasteiger charge is 2.21. The van der Waals surface area contributed by atoms with Gasteiger partial charge in [0.25, 0.3) is 5.91 Å². The molecule has 3 N–H and O–H groups in total. The second kappa shape index (κ2) is 5.86. The molecule has 0 spiro atoms. The number of amides is 1. The molecule has 0 radical (unpaired) electrons. The van der Waals surface area contributed by atoms with Crippen molar-refractivity contribution in [2.24, 2.45) is 10.9 Å². The topological polar surface area (TPSA) is 78.9 Å². The Kier molecular flexibility index (Phi) is 4.72. The fourth-order valence-electron chi connectivity index (χ4n) is 1.52. The highest BCUT2D eigenvalue weighted by atomic mass is 32.1. The third kappa shape index (κ3) is 3.22. The number of rotatable bonds is 4. The van der Waals surface area contributed by atoms with Gasteiger partial charge in [-0.2, -0.15) is 0 Å². The number of nitrogens with zero attached hydrogens (tertiary/aromatic N) is 2. The summed E-state index contributed by atoms with van der Waals surface area (Å²) in [6, 6.07) is 1.87. The minimum atomic E-state index is -0.0854. The van der Waals surface area contributed by atoms with Crippen molar-refractivity contribution >= 4 is 23.1 Å². The summed E-state index contributed by atoms with van der Waals surface area (Å²) in [5, 5.41) is 11.5. The lowest BCUT2D eigenvalue weighted by atomic mass is 10.2. The lowest BCUT2D eigenvalue weighted by molar-refractivity contribution is 0.0739. The van der Waals surface area contributed by atoms with Crippen LogP contribution in [0.3, 0.4) is 0 Å². The van der Waals surface area contributed by atoms with Gasteiger partial charge in [-0.15, -0.1) is 11.3 Å². The van der Waals surface area contributed by atoms with Gasteiger partial charge in [0.1, 0.15) is 0 Å². The van der Waals surface area contributed by atoms with Crippen molar-refractivity contribution in [3.63, 3.8) is 0 Å². The molecule has 0 saturated carbocycles. The Labute approximate surface area is 111 Å². The van der Waals surface area contributed by atoms with Gasteiger partial charge in [0.2, 0.25) is 0 Å². The average molecular weight is 269 g/mol. The molecule has 1 amide bonds. The molecule has 0 unspecified atom stereocenters. The van der Waals surface area contributed by atoms with E-state index in [1.807, 2.05) is 33.8 Å². The number of carbonyl (C=O) groups excluding carboxylic acids is 1. The van der Waals surface area contributed by atoms with Crippen LogP contribution >= 0.6 is 11.3 Å². The van der Waals surface area contributed by atoms with Crippen molar-refractivity contribution in [3.8, 4) is 0 Å². The van der Waals surface area contributed by atoms with Crippen LogP contribution in [0.15, 0.2) is 11.2 Å². The van der Waals surface area contributed by atoms with Gasteiger partial charge in [0.05, 0.1) is 11.4 Å². The summed E-state index contributed by atoms with van der Waals surface area (Å²) in [4.78, 5) is 15.7. The maximum Gasteiger partial charge on any atom is 0.264 e. The lowest BCUT2D eigenvalue weighted by Gasteiger charge is -2.25. The van der Waals surface area contributed by atoms with E-state index in [-0.39, 0.29) is 24.3 Å². The number of amidine groups is 1. The number of aryl methyl sites for hydroxylation is 2. The molecular weight excluding hydrogens is 250 g/mol. The molecule has 100 valence electrons. The van der Waals surface area contributed by atoms with Gasteiger partial charge in [-0.3, -0.25) is 4.79 Å². The normalized spacial score (nSPS) is 11.9. The van der Waals surface area contributed by atoms with E-state index in [9.17, 15) is 4.79 Å². The van der Waals surface area contributed by atoms with E-state index in [1.54, 1.807) is 4.90 Å². The van der Waals surface area contributed by atoms with Crippen LogP contribution in [0.1, 0.15) is 34.0 Å². The van der Waals surface area contributed by atoms with Crippen LogP contribution in [0.2, 0.25) is 0 Å². The SMILES string of the molecule is Cc1cc(C(=O)N(CC(N)=NO)C(C)C)sc1C. The molecule has 0 atom stereocenters. The predicted octanol–water partition coefficient (Wildman–Crippen LogP) is 1.96. The van der Waals surface area contributed by atoms with E-state index in [0.29, 0.717) is 4.88 Å². The van der Waals surface area contributed by atoms with E-state index >= 15 is 0 Å². The first-order chi connectivity index (χ1) is 8.36.